The number of hydrogen-bond donors (Lipinski definition) is 0. The van der Waals surface area contributed by atoms with E-state index in [1.54, 1.807) is 0 Å². The molecule has 9 heteroatoms. The third kappa shape index (κ3) is 3.72. The summed E-state index contributed by atoms with van der Waals surface area (Å²) in [5.41, 5.74) is -1.27. The first kappa shape index (κ1) is 16.0. The van der Waals surface area contributed by atoms with Crippen molar-refractivity contribution in [1.29, 1.82) is 0 Å². The van der Waals surface area contributed by atoms with Crippen molar-refractivity contribution in [3.05, 3.63) is 17.5 Å². The topological polar surface area (TPSA) is 57.7 Å². The van der Waals surface area contributed by atoms with Crippen LogP contribution in [0.2, 0.25) is 0 Å². The fourth-order valence-electron chi connectivity index (χ4n) is 1.39. The van der Waals surface area contributed by atoms with Gasteiger partial charge in [0.1, 0.15) is 12.2 Å². The van der Waals surface area contributed by atoms with Crippen LogP contribution in [0.25, 0.3) is 0 Å². The summed E-state index contributed by atoms with van der Waals surface area (Å²) in [6, 6.07) is 0. The Morgan fingerprint density at radius 3 is 2.50 bits per heavy atom. The van der Waals surface area contributed by atoms with E-state index in [2.05, 4.69) is 19.2 Å². The molecule has 0 N–H and O–H groups in total. The van der Waals surface area contributed by atoms with E-state index in [4.69, 9.17) is 0 Å². The lowest BCUT2D eigenvalue weighted by Crippen LogP contribution is -2.21. The number of carbonyl (C=O) groups excluding carboxylic acids is 1. The van der Waals surface area contributed by atoms with Gasteiger partial charge in [0.15, 0.2) is 11.5 Å². The van der Waals surface area contributed by atoms with Crippen LogP contribution in [0, 0.1) is 0 Å². The highest BCUT2D eigenvalue weighted by molar-refractivity contribution is 5.94. The highest BCUT2D eigenvalue weighted by Gasteiger charge is 2.36. The second kappa shape index (κ2) is 6.40. The highest BCUT2D eigenvalue weighted by atomic mass is 19.4. The normalized spacial score (nSPS) is 11.1. The molecule has 0 aromatic carbocycles. The second-order valence-electron chi connectivity index (χ2n) is 3.38. The average molecular weight is 297 g/mol. The Morgan fingerprint density at radius 1 is 1.40 bits per heavy atom. The predicted molar refractivity (Wildman–Crippen MR) is 58.2 cm³/mol. The number of methoxy groups -OCH3 is 1. The molecule has 0 radical (unpaired) electrons. The molecule has 0 unspecified atom stereocenters. The zero-order valence-electron chi connectivity index (χ0n) is 10.6. The zero-order chi connectivity index (χ0) is 15.3. The molecule has 20 heavy (non-hydrogen) atoms. The minimum absolute atomic E-state index is 0.104. The average Bonchev–Trinajstić information content (AvgIpc) is 2.36. The minimum Gasteiger partial charge on any atom is -0.491 e. The molecule has 112 valence electrons. The van der Waals surface area contributed by atoms with Gasteiger partial charge in [0.05, 0.1) is 25.6 Å². The molecule has 0 bridgehead atoms. The summed E-state index contributed by atoms with van der Waals surface area (Å²) in [6.07, 6.45) is -4.25. The maximum atomic E-state index is 12.8. The first-order chi connectivity index (χ1) is 9.34. The monoisotopic (exact) mass is 297 g/mol. The van der Waals surface area contributed by atoms with Crippen LogP contribution in [-0.4, -0.2) is 31.0 Å². The van der Waals surface area contributed by atoms with Gasteiger partial charge in [-0.25, -0.2) is 9.18 Å². The maximum Gasteiger partial charge on any atom is 0.573 e. The first-order valence-electron chi connectivity index (χ1n) is 5.38. The molecule has 1 aromatic heterocycles. The fraction of sp³-hybridized carbons (Fsp3) is 0.455. The molecule has 0 saturated heterocycles. The quantitative estimate of drug-likeness (QED) is 0.617. The molecule has 1 heterocycles. The van der Waals surface area contributed by atoms with E-state index in [1.165, 1.54) is 6.92 Å². The van der Waals surface area contributed by atoms with Gasteiger partial charge in [-0.15, -0.1) is 13.2 Å². The molecular weight excluding hydrogens is 286 g/mol. The molecule has 0 fully saturated rings. The van der Waals surface area contributed by atoms with Crippen LogP contribution in [0.1, 0.15) is 23.0 Å². The van der Waals surface area contributed by atoms with Crippen molar-refractivity contribution in [3.8, 4) is 11.5 Å². The summed E-state index contributed by atoms with van der Waals surface area (Å²) < 4.78 is 62.9. The molecule has 0 saturated carbocycles. The number of pyridine rings is 1. The lowest BCUT2D eigenvalue weighted by atomic mass is 10.1. The Bertz CT molecular complexity index is 490. The van der Waals surface area contributed by atoms with Gasteiger partial charge < -0.3 is 14.2 Å². The van der Waals surface area contributed by atoms with Gasteiger partial charge >= 0.3 is 12.3 Å². The number of esters is 1. The van der Waals surface area contributed by atoms with E-state index in [0.717, 1.165) is 13.3 Å². The molecule has 0 atom stereocenters. The third-order valence-electron chi connectivity index (χ3n) is 2.12. The van der Waals surface area contributed by atoms with Crippen molar-refractivity contribution in [2.24, 2.45) is 0 Å². The van der Waals surface area contributed by atoms with E-state index in [-0.39, 0.29) is 6.61 Å². The number of rotatable bonds is 5. The Morgan fingerprint density at radius 2 is 2.05 bits per heavy atom. The van der Waals surface area contributed by atoms with Gasteiger partial charge in [0.25, 0.3) is 0 Å². The van der Waals surface area contributed by atoms with Crippen LogP contribution in [0.15, 0.2) is 6.20 Å². The van der Waals surface area contributed by atoms with Crippen molar-refractivity contribution >= 4 is 5.97 Å². The van der Waals surface area contributed by atoms with Crippen LogP contribution in [0.4, 0.5) is 17.6 Å². The lowest BCUT2D eigenvalue weighted by Gasteiger charge is -2.16. The number of hydrogen-bond acceptors (Lipinski definition) is 5. The summed E-state index contributed by atoms with van der Waals surface area (Å²) in [6.45, 7) is 0.0878. The molecule has 0 spiro atoms. The standard InChI is InChI=1S/C11H11F4NO4/c1-3-19-10(17)8-6(4-12)16-5-7(18-2)9(8)20-11(13,14)15/h5H,3-4H2,1-2H3. The van der Waals surface area contributed by atoms with Gasteiger partial charge in [-0.3, -0.25) is 4.98 Å². The Kier molecular flexibility index (Phi) is 5.12. The summed E-state index contributed by atoms with van der Waals surface area (Å²) in [4.78, 5) is 15.2. The maximum absolute atomic E-state index is 12.8. The number of alkyl halides is 4. The minimum atomic E-state index is -5.08. The number of nitrogens with zero attached hydrogens (tertiary/aromatic N) is 1. The van der Waals surface area contributed by atoms with Crippen molar-refractivity contribution < 1.29 is 36.6 Å². The van der Waals surface area contributed by atoms with Gasteiger partial charge in [0, 0.05) is 0 Å². The molecule has 5 nitrogen and oxygen atoms in total. The number of halogens is 4. The lowest BCUT2D eigenvalue weighted by molar-refractivity contribution is -0.275. The number of ether oxygens (including phenoxy) is 3. The van der Waals surface area contributed by atoms with E-state index in [0.29, 0.717) is 0 Å². The Balaban J connectivity index is 3.43. The molecular formula is C11H11F4NO4. The number of carbonyl (C=O) groups is 1. The van der Waals surface area contributed by atoms with Crippen LogP contribution < -0.4 is 9.47 Å². The third-order valence-corrected chi connectivity index (χ3v) is 2.12. The van der Waals surface area contributed by atoms with Crippen molar-refractivity contribution in [3.63, 3.8) is 0 Å². The summed E-state index contributed by atoms with van der Waals surface area (Å²) in [5.74, 6) is -2.60. The van der Waals surface area contributed by atoms with E-state index < -0.39 is 41.8 Å². The van der Waals surface area contributed by atoms with Crippen LogP contribution in [-0.2, 0) is 11.4 Å². The summed E-state index contributed by atoms with van der Waals surface area (Å²) in [7, 11) is 1.06. The number of aromatic nitrogens is 1. The van der Waals surface area contributed by atoms with Crippen LogP contribution >= 0.6 is 0 Å². The fourth-order valence-corrected chi connectivity index (χ4v) is 1.39. The van der Waals surface area contributed by atoms with E-state index in [9.17, 15) is 22.4 Å². The van der Waals surface area contributed by atoms with Gasteiger partial charge in [-0.2, -0.15) is 0 Å². The summed E-state index contributed by atoms with van der Waals surface area (Å²) in [5, 5.41) is 0. The van der Waals surface area contributed by atoms with Gasteiger partial charge in [-0.05, 0) is 6.92 Å². The second-order valence-corrected chi connectivity index (χ2v) is 3.38. The Labute approximate surface area is 111 Å². The Hall–Kier alpha value is -2.06. The van der Waals surface area contributed by atoms with E-state index in [1.807, 2.05) is 0 Å². The predicted octanol–water partition coefficient (Wildman–Crippen LogP) is 2.64. The van der Waals surface area contributed by atoms with Gasteiger partial charge in [0.2, 0.25) is 0 Å². The van der Waals surface area contributed by atoms with Crippen molar-refractivity contribution in [1.82, 2.24) is 4.98 Å². The van der Waals surface area contributed by atoms with Crippen LogP contribution in [0.5, 0.6) is 11.5 Å². The van der Waals surface area contributed by atoms with Crippen LogP contribution in [0.3, 0.4) is 0 Å². The molecule has 0 aliphatic heterocycles. The molecule has 0 aliphatic rings. The molecule has 1 rings (SSSR count). The smallest absolute Gasteiger partial charge is 0.491 e. The zero-order valence-corrected chi connectivity index (χ0v) is 10.6. The SMILES string of the molecule is CCOC(=O)c1c(CF)ncc(OC)c1OC(F)(F)F. The van der Waals surface area contributed by atoms with Crippen molar-refractivity contribution in [2.45, 2.75) is 20.0 Å². The summed E-state index contributed by atoms with van der Waals surface area (Å²) >= 11 is 0. The molecule has 0 amide bonds. The van der Waals surface area contributed by atoms with Crippen molar-refractivity contribution in [2.75, 3.05) is 13.7 Å². The largest absolute Gasteiger partial charge is 0.573 e. The van der Waals surface area contributed by atoms with E-state index >= 15 is 0 Å². The highest BCUT2D eigenvalue weighted by Crippen LogP contribution is 2.37. The van der Waals surface area contributed by atoms with Gasteiger partial charge in [-0.1, -0.05) is 0 Å². The molecule has 0 aliphatic carbocycles. The first-order valence-corrected chi connectivity index (χ1v) is 5.38. The molecule has 1 aromatic rings.